The summed E-state index contributed by atoms with van der Waals surface area (Å²) in [5.74, 6) is -0.147. The van der Waals surface area contributed by atoms with Gasteiger partial charge < -0.3 is 15.4 Å². The number of pyridine rings is 1. The number of hydrogen-bond acceptors (Lipinski definition) is 3. The van der Waals surface area contributed by atoms with Gasteiger partial charge in [-0.3, -0.25) is 0 Å². The number of nitrogens with zero attached hydrogens (tertiary/aromatic N) is 1. The number of urea groups is 1. The van der Waals surface area contributed by atoms with E-state index in [2.05, 4.69) is 20.4 Å². The van der Waals surface area contributed by atoms with Gasteiger partial charge in [-0.05, 0) is 41.7 Å². The van der Waals surface area contributed by atoms with Crippen LogP contribution in [0.25, 0.3) is 0 Å². The lowest BCUT2D eigenvalue weighted by Crippen LogP contribution is -2.36. The normalized spacial score (nSPS) is 15.9. The molecule has 144 valence electrons. The van der Waals surface area contributed by atoms with E-state index >= 15 is 0 Å². The van der Waals surface area contributed by atoms with E-state index in [9.17, 15) is 18.0 Å². The molecule has 0 radical (unpaired) electrons. The lowest BCUT2D eigenvalue weighted by molar-refractivity contribution is -0.154. The monoisotopic (exact) mass is 399 g/mol. The molecule has 27 heavy (non-hydrogen) atoms. The van der Waals surface area contributed by atoms with Crippen molar-refractivity contribution >= 4 is 17.6 Å². The van der Waals surface area contributed by atoms with E-state index in [1.807, 2.05) is 18.2 Å². The number of aromatic nitrogens is 1. The Balaban J connectivity index is 1.52. The Hall–Kier alpha value is -2.48. The second-order valence-corrected chi connectivity index (χ2v) is 6.54. The van der Waals surface area contributed by atoms with E-state index in [4.69, 9.17) is 11.6 Å². The smallest absolute Gasteiger partial charge is 0.422 e. The van der Waals surface area contributed by atoms with Crippen molar-refractivity contribution in [3.63, 3.8) is 0 Å². The molecule has 3 rings (SSSR count). The van der Waals surface area contributed by atoms with Gasteiger partial charge in [0, 0.05) is 23.8 Å². The van der Waals surface area contributed by atoms with Crippen LogP contribution in [-0.2, 0) is 13.0 Å². The van der Waals surface area contributed by atoms with Crippen molar-refractivity contribution in [1.82, 2.24) is 15.6 Å². The minimum atomic E-state index is -4.43. The Labute approximate surface area is 158 Å². The van der Waals surface area contributed by atoms with E-state index in [1.165, 1.54) is 12.3 Å². The van der Waals surface area contributed by atoms with Crippen LogP contribution in [0.5, 0.6) is 5.88 Å². The van der Waals surface area contributed by atoms with Crippen LogP contribution >= 0.6 is 11.6 Å². The Morgan fingerprint density at radius 3 is 2.93 bits per heavy atom. The Bertz CT molecular complexity index is 830. The average Bonchev–Trinajstić information content (AvgIpc) is 3.02. The van der Waals surface area contributed by atoms with Gasteiger partial charge in [-0.25, -0.2) is 9.78 Å². The molecule has 5 nitrogen and oxygen atoms in total. The quantitative estimate of drug-likeness (QED) is 0.793. The molecule has 1 atom stereocenters. The zero-order valence-electron chi connectivity index (χ0n) is 14.1. The molecule has 0 spiro atoms. The number of ether oxygens (including phenoxy) is 1. The van der Waals surface area contributed by atoms with Crippen molar-refractivity contribution in [3.05, 3.63) is 58.2 Å². The van der Waals surface area contributed by atoms with Crippen LogP contribution in [-0.4, -0.2) is 23.8 Å². The van der Waals surface area contributed by atoms with Crippen molar-refractivity contribution in [2.75, 3.05) is 6.61 Å². The van der Waals surface area contributed by atoms with Crippen molar-refractivity contribution in [3.8, 4) is 5.88 Å². The van der Waals surface area contributed by atoms with E-state index < -0.39 is 12.8 Å². The third kappa shape index (κ3) is 5.26. The van der Waals surface area contributed by atoms with E-state index in [1.54, 1.807) is 6.07 Å². The number of alkyl halides is 3. The first-order valence-corrected chi connectivity index (χ1v) is 8.66. The summed E-state index contributed by atoms with van der Waals surface area (Å²) in [5, 5.41) is 6.26. The zero-order chi connectivity index (χ0) is 19.4. The maximum absolute atomic E-state index is 12.2. The molecule has 0 saturated heterocycles. The summed E-state index contributed by atoms with van der Waals surface area (Å²) in [5.41, 5.74) is 2.63. The minimum Gasteiger partial charge on any atom is -0.468 e. The molecule has 0 bridgehead atoms. The average molecular weight is 400 g/mol. The summed E-state index contributed by atoms with van der Waals surface area (Å²) in [7, 11) is 0. The first kappa shape index (κ1) is 19.3. The summed E-state index contributed by atoms with van der Waals surface area (Å²) < 4.78 is 41.2. The van der Waals surface area contributed by atoms with E-state index in [0.717, 1.165) is 24.0 Å². The maximum atomic E-state index is 12.2. The number of rotatable bonds is 5. The molecular formula is C18H17ClF3N3O2. The van der Waals surface area contributed by atoms with Crippen LogP contribution in [0.1, 0.15) is 29.2 Å². The summed E-state index contributed by atoms with van der Waals surface area (Å²) in [6, 6.07) is 8.06. The number of benzene rings is 1. The third-order valence-electron chi connectivity index (χ3n) is 4.15. The fourth-order valence-electron chi connectivity index (χ4n) is 2.95. The third-order valence-corrected chi connectivity index (χ3v) is 4.51. The molecule has 1 heterocycles. The lowest BCUT2D eigenvalue weighted by atomic mass is 10.1. The molecule has 0 fully saturated rings. The predicted molar refractivity (Wildman–Crippen MR) is 93.7 cm³/mol. The van der Waals surface area contributed by atoms with Crippen molar-refractivity contribution in [1.29, 1.82) is 0 Å². The van der Waals surface area contributed by atoms with Gasteiger partial charge in [0.2, 0.25) is 5.88 Å². The topological polar surface area (TPSA) is 63.2 Å². The Morgan fingerprint density at radius 2 is 2.15 bits per heavy atom. The Morgan fingerprint density at radius 1 is 1.33 bits per heavy atom. The number of halogens is 4. The fourth-order valence-corrected chi connectivity index (χ4v) is 3.22. The van der Waals surface area contributed by atoms with Gasteiger partial charge in [0.1, 0.15) is 0 Å². The number of fused-ring (bicyclic) bond motifs is 1. The lowest BCUT2D eigenvalue weighted by Gasteiger charge is -2.15. The summed E-state index contributed by atoms with van der Waals surface area (Å²) in [6.45, 7) is -1.28. The van der Waals surface area contributed by atoms with Gasteiger partial charge in [-0.1, -0.05) is 23.7 Å². The maximum Gasteiger partial charge on any atom is 0.422 e. The highest BCUT2D eigenvalue weighted by molar-refractivity contribution is 6.31. The molecule has 0 saturated carbocycles. The highest BCUT2D eigenvalue weighted by Gasteiger charge is 2.28. The van der Waals surface area contributed by atoms with Crippen molar-refractivity contribution in [2.24, 2.45) is 0 Å². The van der Waals surface area contributed by atoms with Gasteiger partial charge in [-0.15, -0.1) is 0 Å². The molecule has 2 amide bonds. The predicted octanol–water partition coefficient (Wildman–Crippen LogP) is 4.16. The van der Waals surface area contributed by atoms with Crippen LogP contribution in [0, 0.1) is 0 Å². The highest BCUT2D eigenvalue weighted by atomic mass is 35.5. The fraction of sp³-hybridized carbons (Fsp3) is 0.333. The number of nitrogens with one attached hydrogen (secondary N) is 2. The van der Waals surface area contributed by atoms with Crippen molar-refractivity contribution in [2.45, 2.75) is 31.6 Å². The van der Waals surface area contributed by atoms with Crippen LogP contribution in [0.4, 0.5) is 18.0 Å². The summed E-state index contributed by atoms with van der Waals surface area (Å²) in [6.07, 6.45) is -1.55. The first-order chi connectivity index (χ1) is 12.8. The molecule has 1 aromatic carbocycles. The molecule has 0 aliphatic heterocycles. The van der Waals surface area contributed by atoms with E-state index in [-0.39, 0.29) is 24.5 Å². The molecule has 0 unspecified atom stereocenters. The summed E-state index contributed by atoms with van der Waals surface area (Å²) >= 11 is 6.16. The van der Waals surface area contributed by atoms with Crippen LogP contribution in [0.15, 0.2) is 36.5 Å². The summed E-state index contributed by atoms with van der Waals surface area (Å²) in [4.78, 5) is 15.9. The van der Waals surface area contributed by atoms with Gasteiger partial charge >= 0.3 is 12.2 Å². The molecule has 2 aromatic rings. The second kappa shape index (κ2) is 8.04. The van der Waals surface area contributed by atoms with E-state index in [0.29, 0.717) is 10.6 Å². The van der Waals surface area contributed by atoms with Gasteiger partial charge in [0.05, 0.1) is 6.04 Å². The molecule has 1 aliphatic rings. The van der Waals surface area contributed by atoms with Crippen LogP contribution in [0.3, 0.4) is 0 Å². The van der Waals surface area contributed by atoms with Gasteiger partial charge in [0.25, 0.3) is 0 Å². The highest BCUT2D eigenvalue weighted by Crippen LogP contribution is 2.35. The van der Waals surface area contributed by atoms with Gasteiger partial charge in [-0.2, -0.15) is 13.2 Å². The van der Waals surface area contributed by atoms with Gasteiger partial charge in [0.15, 0.2) is 6.61 Å². The molecular weight excluding hydrogens is 383 g/mol. The van der Waals surface area contributed by atoms with Crippen LogP contribution in [0.2, 0.25) is 5.02 Å². The number of amides is 2. The number of carbonyl (C=O) groups excluding carboxylic acids is 1. The largest absolute Gasteiger partial charge is 0.468 e. The molecule has 2 N–H and O–H groups in total. The number of carbonyl (C=O) groups is 1. The number of hydrogen-bond donors (Lipinski definition) is 2. The zero-order valence-corrected chi connectivity index (χ0v) is 14.9. The van der Waals surface area contributed by atoms with Crippen molar-refractivity contribution < 1.29 is 22.7 Å². The Kier molecular flexibility index (Phi) is 5.74. The molecule has 9 heteroatoms. The SMILES string of the molecule is O=C(NCc1ccnc(OCC(F)(F)F)c1)N[C@@H]1CCc2c(Cl)cccc21. The van der Waals surface area contributed by atoms with Crippen LogP contribution < -0.4 is 15.4 Å². The molecule has 1 aromatic heterocycles. The second-order valence-electron chi connectivity index (χ2n) is 6.13. The minimum absolute atomic E-state index is 0.123. The molecule has 1 aliphatic carbocycles. The first-order valence-electron chi connectivity index (χ1n) is 8.28. The standard InChI is InChI=1S/C18H17ClF3N3O2/c19-14-3-1-2-13-12(14)4-5-15(13)25-17(26)24-9-11-6-7-23-16(8-11)27-10-18(20,21)22/h1-3,6-8,15H,4-5,9-10H2,(H2,24,25,26)/t15-/m1/s1.